The molecule has 1 atom stereocenters. The number of hydrogen-bond donors (Lipinski definition) is 1. The number of nitrogens with zero attached hydrogens (tertiary/aromatic N) is 2. The summed E-state index contributed by atoms with van der Waals surface area (Å²) in [5.74, 6) is 1.97. The number of rotatable bonds is 5. The topological polar surface area (TPSA) is 74.2 Å². The molecule has 2 fully saturated rings. The van der Waals surface area contributed by atoms with Gasteiger partial charge < -0.3 is 15.0 Å². The largest absolute Gasteiger partial charge is 0.373 e. The number of aromatic nitrogens is 2. The van der Waals surface area contributed by atoms with E-state index in [1.165, 1.54) is 12.8 Å². The van der Waals surface area contributed by atoms with Crippen molar-refractivity contribution in [3.05, 3.63) is 11.7 Å². The minimum atomic E-state index is -0.0207. The first kappa shape index (κ1) is 10.2. The van der Waals surface area contributed by atoms with Crippen LogP contribution in [0.4, 0.5) is 0 Å². The number of ether oxygens (including phenoxy) is 1. The molecule has 1 aromatic heterocycles. The molecule has 2 N–H and O–H groups in total. The number of nitrogens with two attached hydrogens (primary N) is 1. The fraction of sp³-hybridized carbons (Fsp3) is 0.818. The van der Waals surface area contributed by atoms with Gasteiger partial charge in [0, 0.05) is 13.7 Å². The van der Waals surface area contributed by atoms with E-state index < -0.39 is 0 Å². The van der Waals surface area contributed by atoms with Crippen molar-refractivity contribution in [1.29, 1.82) is 0 Å². The molecular formula is C11H17N3O2. The van der Waals surface area contributed by atoms with Crippen LogP contribution in [0.2, 0.25) is 0 Å². The third kappa shape index (κ3) is 1.55. The van der Waals surface area contributed by atoms with Crippen LogP contribution in [0.3, 0.4) is 0 Å². The lowest BCUT2D eigenvalue weighted by Gasteiger charge is -2.08. The fourth-order valence-electron chi connectivity index (χ4n) is 2.13. The Morgan fingerprint density at radius 2 is 2.31 bits per heavy atom. The molecule has 2 aliphatic rings. The highest BCUT2D eigenvalue weighted by Crippen LogP contribution is 2.47. The van der Waals surface area contributed by atoms with E-state index in [2.05, 4.69) is 10.1 Å². The fourth-order valence-corrected chi connectivity index (χ4v) is 2.13. The average molecular weight is 223 g/mol. The van der Waals surface area contributed by atoms with Crippen LogP contribution < -0.4 is 5.73 Å². The first-order valence-corrected chi connectivity index (χ1v) is 5.86. The van der Waals surface area contributed by atoms with Crippen molar-refractivity contribution in [2.45, 2.75) is 37.2 Å². The van der Waals surface area contributed by atoms with Gasteiger partial charge in [0.05, 0.1) is 5.41 Å². The van der Waals surface area contributed by atoms with Crippen molar-refractivity contribution in [2.75, 3.05) is 13.7 Å². The minimum absolute atomic E-state index is 0.00562. The van der Waals surface area contributed by atoms with E-state index >= 15 is 0 Å². The van der Waals surface area contributed by atoms with E-state index in [1.807, 2.05) is 0 Å². The molecule has 3 rings (SSSR count). The second kappa shape index (κ2) is 3.53. The Hall–Kier alpha value is -0.940. The van der Waals surface area contributed by atoms with Crippen LogP contribution in [0.15, 0.2) is 4.52 Å². The van der Waals surface area contributed by atoms with Crippen LogP contribution in [0.25, 0.3) is 0 Å². The highest BCUT2D eigenvalue weighted by atomic mass is 16.5. The zero-order valence-electron chi connectivity index (χ0n) is 9.48. The van der Waals surface area contributed by atoms with E-state index in [-0.39, 0.29) is 11.5 Å². The highest BCUT2D eigenvalue weighted by Gasteiger charge is 2.49. The van der Waals surface area contributed by atoms with E-state index in [0.29, 0.717) is 24.2 Å². The SMILES string of the molecule is COC(c1noc(C2(CN)CC2)n1)C1CC1. The molecule has 0 saturated heterocycles. The van der Waals surface area contributed by atoms with E-state index in [0.717, 1.165) is 12.8 Å². The Morgan fingerprint density at radius 1 is 1.56 bits per heavy atom. The van der Waals surface area contributed by atoms with E-state index in [1.54, 1.807) is 7.11 Å². The third-order valence-electron chi connectivity index (χ3n) is 3.70. The molecule has 0 aliphatic heterocycles. The minimum Gasteiger partial charge on any atom is -0.373 e. The Bertz CT molecular complexity index is 382. The second-order valence-corrected chi connectivity index (χ2v) is 4.94. The van der Waals surface area contributed by atoms with Crippen molar-refractivity contribution in [3.63, 3.8) is 0 Å². The monoisotopic (exact) mass is 223 g/mol. The van der Waals surface area contributed by atoms with Gasteiger partial charge in [0.2, 0.25) is 11.7 Å². The van der Waals surface area contributed by atoms with Gasteiger partial charge in [-0.15, -0.1) is 0 Å². The van der Waals surface area contributed by atoms with Crippen LogP contribution >= 0.6 is 0 Å². The third-order valence-corrected chi connectivity index (χ3v) is 3.70. The van der Waals surface area contributed by atoms with Gasteiger partial charge >= 0.3 is 0 Å². The van der Waals surface area contributed by atoms with Crippen LogP contribution in [0.5, 0.6) is 0 Å². The van der Waals surface area contributed by atoms with Crippen molar-refractivity contribution in [3.8, 4) is 0 Å². The highest BCUT2D eigenvalue weighted by molar-refractivity contribution is 5.17. The molecule has 1 unspecified atom stereocenters. The Balaban J connectivity index is 1.81. The number of hydrogen-bond acceptors (Lipinski definition) is 5. The lowest BCUT2D eigenvalue weighted by Crippen LogP contribution is -2.20. The summed E-state index contributed by atoms with van der Waals surface area (Å²) in [4.78, 5) is 4.46. The Morgan fingerprint density at radius 3 is 2.81 bits per heavy atom. The normalized spacial score (nSPS) is 24.4. The van der Waals surface area contributed by atoms with Gasteiger partial charge in [0.15, 0.2) is 0 Å². The lowest BCUT2D eigenvalue weighted by molar-refractivity contribution is 0.0751. The first-order chi connectivity index (χ1) is 7.79. The van der Waals surface area contributed by atoms with Crippen molar-refractivity contribution >= 4 is 0 Å². The van der Waals surface area contributed by atoms with Gasteiger partial charge in [0.25, 0.3) is 0 Å². The summed E-state index contributed by atoms with van der Waals surface area (Å²) in [5, 5.41) is 4.04. The maximum Gasteiger partial charge on any atom is 0.234 e. The van der Waals surface area contributed by atoms with Gasteiger partial charge in [-0.05, 0) is 31.6 Å². The summed E-state index contributed by atoms with van der Waals surface area (Å²) >= 11 is 0. The average Bonchev–Trinajstić information content (AvgIpc) is 3.21. The molecule has 16 heavy (non-hydrogen) atoms. The standard InChI is InChI=1S/C11H17N3O2/c1-15-8(7-2-3-7)9-13-10(16-14-9)11(6-12)4-5-11/h7-8H,2-6,12H2,1H3. The molecule has 1 heterocycles. The molecule has 5 nitrogen and oxygen atoms in total. The van der Waals surface area contributed by atoms with Crippen LogP contribution in [-0.2, 0) is 10.2 Å². The number of methoxy groups -OCH3 is 1. The summed E-state index contributed by atoms with van der Waals surface area (Å²) in [6.07, 6.45) is 4.53. The molecule has 0 amide bonds. The van der Waals surface area contributed by atoms with Crippen molar-refractivity contribution < 1.29 is 9.26 Å². The Labute approximate surface area is 94.3 Å². The van der Waals surface area contributed by atoms with Gasteiger partial charge in [-0.25, -0.2) is 0 Å². The van der Waals surface area contributed by atoms with Gasteiger partial charge in [-0.1, -0.05) is 5.16 Å². The van der Waals surface area contributed by atoms with Crippen LogP contribution in [0.1, 0.15) is 43.5 Å². The molecule has 5 heteroatoms. The second-order valence-electron chi connectivity index (χ2n) is 4.94. The molecule has 2 aliphatic carbocycles. The maximum absolute atomic E-state index is 5.73. The molecule has 0 aromatic carbocycles. The van der Waals surface area contributed by atoms with E-state index in [4.69, 9.17) is 15.0 Å². The molecule has 0 spiro atoms. The lowest BCUT2D eigenvalue weighted by atomic mass is 10.1. The summed E-state index contributed by atoms with van der Waals surface area (Å²) in [7, 11) is 1.70. The molecule has 1 aromatic rings. The summed E-state index contributed by atoms with van der Waals surface area (Å²) in [6.45, 7) is 0.593. The van der Waals surface area contributed by atoms with Gasteiger partial charge in [-0.2, -0.15) is 4.98 Å². The van der Waals surface area contributed by atoms with Crippen molar-refractivity contribution in [1.82, 2.24) is 10.1 Å². The molecular weight excluding hydrogens is 206 g/mol. The zero-order chi connectivity index (χ0) is 11.2. The van der Waals surface area contributed by atoms with Gasteiger partial charge in [-0.3, -0.25) is 0 Å². The Kier molecular flexibility index (Phi) is 2.26. The summed E-state index contributed by atoms with van der Waals surface area (Å²) in [6, 6.07) is 0. The summed E-state index contributed by atoms with van der Waals surface area (Å²) < 4.78 is 10.7. The predicted octanol–water partition coefficient (Wildman–Crippen LogP) is 1.16. The molecule has 0 bridgehead atoms. The molecule has 2 saturated carbocycles. The van der Waals surface area contributed by atoms with Crippen LogP contribution in [0, 0.1) is 5.92 Å². The molecule has 88 valence electrons. The first-order valence-electron chi connectivity index (χ1n) is 5.86. The smallest absolute Gasteiger partial charge is 0.234 e. The van der Waals surface area contributed by atoms with Crippen LogP contribution in [-0.4, -0.2) is 23.8 Å². The van der Waals surface area contributed by atoms with E-state index in [9.17, 15) is 0 Å². The van der Waals surface area contributed by atoms with Gasteiger partial charge in [0.1, 0.15) is 6.10 Å². The zero-order valence-corrected chi connectivity index (χ0v) is 9.48. The van der Waals surface area contributed by atoms with Crippen molar-refractivity contribution in [2.24, 2.45) is 11.7 Å². The maximum atomic E-state index is 5.73. The summed E-state index contributed by atoms with van der Waals surface area (Å²) in [5.41, 5.74) is 5.71. The quantitative estimate of drug-likeness (QED) is 0.810. The predicted molar refractivity (Wildman–Crippen MR) is 56.7 cm³/mol. The molecule has 0 radical (unpaired) electrons.